The molecule has 0 atom stereocenters. The van der Waals surface area contributed by atoms with Crippen LogP contribution in [0, 0.1) is 0 Å². The van der Waals surface area contributed by atoms with Crippen LogP contribution < -0.4 is 10.2 Å². The van der Waals surface area contributed by atoms with E-state index >= 15 is 0 Å². The van der Waals surface area contributed by atoms with Gasteiger partial charge in [-0.15, -0.1) is 0 Å². The summed E-state index contributed by atoms with van der Waals surface area (Å²) in [6, 6.07) is 6.89. The van der Waals surface area contributed by atoms with E-state index in [1.54, 1.807) is 38.2 Å². The number of carbonyl (C=O) groups excluding carboxylic acids is 3. The normalized spacial score (nSPS) is 9.77. The van der Waals surface area contributed by atoms with E-state index in [2.05, 4.69) is 11.9 Å². The number of rotatable bonds is 6. The van der Waals surface area contributed by atoms with Crippen molar-refractivity contribution < 1.29 is 14.4 Å². The molecule has 0 saturated heterocycles. The van der Waals surface area contributed by atoms with E-state index in [0.29, 0.717) is 12.2 Å². The molecule has 0 bridgehead atoms. The quantitative estimate of drug-likeness (QED) is 0.812. The maximum atomic E-state index is 11.9. The first-order chi connectivity index (χ1) is 10.4. The van der Waals surface area contributed by atoms with Crippen molar-refractivity contribution in [2.75, 3.05) is 30.4 Å². The zero-order valence-corrected chi connectivity index (χ0v) is 13.1. The van der Waals surface area contributed by atoms with Gasteiger partial charge in [0.05, 0.1) is 0 Å². The van der Waals surface area contributed by atoms with E-state index in [1.165, 1.54) is 22.8 Å². The molecule has 0 aromatic heterocycles. The Morgan fingerprint density at radius 3 is 2.27 bits per heavy atom. The van der Waals surface area contributed by atoms with Gasteiger partial charge < -0.3 is 15.1 Å². The number of likely N-dealkylation sites (N-methyl/N-ethyl adjacent to an activating group) is 1. The monoisotopic (exact) mass is 303 g/mol. The Hall–Kier alpha value is -2.63. The predicted octanol–water partition coefficient (Wildman–Crippen LogP) is 1.64. The van der Waals surface area contributed by atoms with Gasteiger partial charge in [-0.25, -0.2) is 0 Å². The number of nitrogens with zero attached hydrogens (tertiary/aromatic N) is 2. The highest BCUT2D eigenvalue weighted by molar-refractivity contribution is 5.97. The van der Waals surface area contributed by atoms with E-state index in [9.17, 15) is 14.4 Å². The molecule has 0 aliphatic carbocycles. The molecule has 6 nitrogen and oxygen atoms in total. The highest BCUT2D eigenvalue weighted by Gasteiger charge is 2.13. The minimum absolute atomic E-state index is 0.0313. The van der Waals surface area contributed by atoms with E-state index in [0.717, 1.165) is 5.69 Å². The minimum Gasteiger partial charge on any atom is -0.330 e. The summed E-state index contributed by atoms with van der Waals surface area (Å²) >= 11 is 0. The number of hydrogen-bond acceptors (Lipinski definition) is 3. The van der Waals surface area contributed by atoms with Crippen molar-refractivity contribution in [1.29, 1.82) is 0 Å². The smallest absolute Gasteiger partial charge is 0.246 e. The van der Waals surface area contributed by atoms with Crippen LogP contribution in [0.15, 0.2) is 36.9 Å². The Bertz CT molecular complexity index is 567. The van der Waals surface area contributed by atoms with Crippen LogP contribution in [0.5, 0.6) is 0 Å². The van der Waals surface area contributed by atoms with Gasteiger partial charge in [0.15, 0.2) is 0 Å². The molecule has 6 heteroatoms. The van der Waals surface area contributed by atoms with E-state index < -0.39 is 0 Å². The fourth-order valence-corrected chi connectivity index (χ4v) is 1.80. The molecule has 3 amide bonds. The largest absolute Gasteiger partial charge is 0.330 e. The molecular formula is C16H21N3O3. The first-order valence-electron chi connectivity index (χ1n) is 6.94. The Morgan fingerprint density at radius 2 is 1.82 bits per heavy atom. The van der Waals surface area contributed by atoms with E-state index in [4.69, 9.17) is 0 Å². The Kier molecular flexibility index (Phi) is 6.31. The van der Waals surface area contributed by atoms with Gasteiger partial charge in [-0.05, 0) is 37.3 Å². The van der Waals surface area contributed by atoms with Crippen molar-refractivity contribution in [1.82, 2.24) is 4.90 Å². The third-order valence-corrected chi connectivity index (χ3v) is 3.21. The Labute approximate surface area is 130 Å². The van der Waals surface area contributed by atoms with Crippen LogP contribution in [0.4, 0.5) is 11.4 Å². The number of anilines is 2. The first-order valence-corrected chi connectivity index (χ1v) is 6.94. The van der Waals surface area contributed by atoms with Gasteiger partial charge >= 0.3 is 0 Å². The lowest BCUT2D eigenvalue weighted by atomic mass is 10.2. The van der Waals surface area contributed by atoms with Crippen molar-refractivity contribution in [3.63, 3.8) is 0 Å². The minimum atomic E-state index is -0.287. The topological polar surface area (TPSA) is 69.7 Å². The molecule has 0 aliphatic heterocycles. The van der Waals surface area contributed by atoms with Gasteiger partial charge in [0.1, 0.15) is 6.54 Å². The summed E-state index contributed by atoms with van der Waals surface area (Å²) in [7, 11) is 1.68. The molecule has 1 aromatic carbocycles. The third kappa shape index (κ3) is 4.73. The van der Waals surface area contributed by atoms with Crippen LogP contribution in [0.2, 0.25) is 0 Å². The predicted molar refractivity (Wildman–Crippen MR) is 86.6 cm³/mol. The second-order valence-corrected chi connectivity index (χ2v) is 4.73. The van der Waals surface area contributed by atoms with Gasteiger partial charge in [-0.1, -0.05) is 6.58 Å². The van der Waals surface area contributed by atoms with Crippen LogP contribution in [-0.4, -0.2) is 42.8 Å². The maximum Gasteiger partial charge on any atom is 0.246 e. The van der Waals surface area contributed by atoms with Crippen molar-refractivity contribution in [3.8, 4) is 0 Å². The summed E-state index contributed by atoms with van der Waals surface area (Å²) in [6.45, 7) is 7.08. The number of hydrogen-bond donors (Lipinski definition) is 1. The summed E-state index contributed by atoms with van der Waals surface area (Å²) in [5.74, 6) is -0.640. The molecule has 1 aromatic rings. The van der Waals surface area contributed by atoms with Crippen molar-refractivity contribution in [2.45, 2.75) is 13.8 Å². The second kappa shape index (κ2) is 7.97. The van der Waals surface area contributed by atoms with E-state index in [1.807, 2.05) is 0 Å². The molecule has 0 fully saturated rings. The van der Waals surface area contributed by atoms with Gasteiger partial charge in [0.2, 0.25) is 17.7 Å². The zero-order chi connectivity index (χ0) is 16.7. The molecule has 0 heterocycles. The highest BCUT2D eigenvalue weighted by Crippen LogP contribution is 2.16. The lowest BCUT2D eigenvalue weighted by Gasteiger charge is -2.19. The summed E-state index contributed by atoms with van der Waals surface area (Å²) in [6.07, 6.45) is 1.18. The maximum absolute atomic E-state index is 11.9. The van der Waals surface area contributed by atoms with Crippen LogP contribution >= 0.6 is 0 Å². The molecule has 0 saturated carbocycles. The fourth-order valence-electron chi connectivity index (χ4n) is 1.80. The standard InChI is InChI=1S/C16H21N3O3/c1-5-16(22)19(6-2)11-15(21)17-13-7-9-14(10-8-13)18(4)12(3)20/h5,7-10H,1,6,11H2,2-4H3,(H,17,21). The molecule has 1 N–H and O–H groups in total. The average Bonchev–Trinajstić information content (AvgIpc) is 2.51. The fraction of sp³-hybridized carbons (Fsp3) is 0.312. The van der Waals surface area contributed by atoms with Crippen molar-refractivity contribution in [3.05, 3.63) is 36.9 Å². The van der Waals surface area contributed by atoms with Crippen LogP contribution in [-0.2, 0) is 14.4 Å². The molecule has 22 heavy (non-hydrogen) atoms. The molecule has 1 rings (SSSR count). The van der Waals surface area contributed by atoms with Crippen LogP contribution in [0.25, 0.3) is 0 Å². The summed E-state index contributed by atoms with van der Waals surface area (Å²) in [5.41, 5.74) is 1.34. The van der Waals surface area contributed by atoms with Gasteiger partial charge in [0.25, 0.3) is 0 Å². The number of carbonyl (C=O) groups is 3. The molecule has 0 unspecified atom stereocenters. The highest BCUT2D eigenvalue weighted by atomic mass is 16.2. The van der Waals surface area contributed by atoms with E-state index in [-0.39, 0.29) is 24.3 Å². The Balaban J connectivity index is 2.67. The molecule has 118 valence electrons. The van der Waals surface area contributed by atoms with Gasteiger partial charge in [-0.2, -0.15) is 0 Å². The zero-order valence-electron chi connectivity index (χ0n) is 13.1. The SMILES string of the molecule is C=CC(=O)N(CC)CC(=O)Nc1ccc(N(C)C(C)=O)cc1. The molecule has 0 aliphatic rings. The summed E-state index contributed by atoms with van der Waals surface area (Å²) < 4.78 is 0. The number of benzene rings is 1. The lowest BCUT2D eigenvalue weighted by Crippen LogP contribution is -2.36. The van der Waals surface area contributed by atoms with Gasteiger partial charge in [-0.3, -0.25) is 14.4 Å². The van der Waals surface area contributed by atoms with Crippen molar-refractivity contribution >= 4 is 29.1 Å². The summed E-state index contributed by atoms with van der Waals surface area (Å²) in [4.78, 5) is 37.6. The average molecular weight is 303 g/mol. The summed E-state index contributed by atoms with van der Waals surface area (Å²) in [5, 5.41) is 2.71. The van der Waals surface area contributed by atoms with Crippen LogP contribution in [0.1, 0.15) is 13.8 Å². The lowest BCUT2D eigenvalue weighted by molar-refractivity contribution is -0.130. The Morgan fingerprint density at radius 1 is 1.23 bits per heavy atom. The van der Waals surface area contributed by atoms with Gasteiger partial charge in [0, 0.05) is 31.9 Å². The van der Waals surface area contributed by atoms with Crippen molar-refractivity contribution in [2.24, 2.45) is 0 Å². The number of nitrogens with one attached hydrogen (secondary N) is 1. The molecule has 0 radical (unpaired) electrons. The second-order valence-electron chi connectivity index (χ2n) is 4.73. The van der Waals surface area contributed by atoms with Crippen LogP contribution in [0.3, 0.4) is 0 Å². The third-order valence-electron chi connectivity index (χ3n) is 3.21. The molecular weight excluding hydrogens is 282 g/mol. The number of amides is 3. The first kappa shape index (κ1) is 17.4. The molecule has 0 spiro atoms.